The highest BCUT2D eigenvalue weighted by Crippen LogP contribution is 2.34. The Morgan fingerprint density at radius 3 is 2.31 bits per heavy atom. The first-order valence-corrected chi connectivity index (χ1v) is 10.4. The maximum Gasteiger partial charge on any atom is 0.278 e. The van der Waals surface area contributed by atoms with E-state index in [1.807, 2.05) is 80.7 Å². The number of anilines is 1. The second-order valence-electron chi connectivity index (χ2n) is 7.33. The van der Waals surface area contributed by atoms with E-state index >= 15 is 0 Å². The van der Waals surface area contributed by atoms with Crippen molar-refractivity contribution >= 4 is 34.4 Å². The van der Waals surface area contributed by atoms with E-state index in [4.69, 9.17) is 0 Å². The molecule has 1 aliphatic heterocycles. The minimum absolute atomic E-state index is 0.255. The number of imide groups is 1. The molecular formula is C24H22N2O2S. The quantitative estimate of drug-likeness (QED) is 0.607. The van der Waals surface area contributed by atoms with E-state index in [2.05, 4.69) is 5.32 Å². The molecule has 146 valence electrons. The van der Waals surface area contributed by atoms with Crippen LogP contribution in [0.1, 0.15) is 27.1 Å². The summed E-state index contributed by atoms with van der Waals surface area (Å²) in [6, 6.07) is 17.6. The molecule has 0 aliphatic carbocycles. The van der Waals surface area contributed by atoms with Crippen LogP contribution in [-0.4, -0.2) is 16.7 Å². The second kappa shape index (κ2) is 7.68. The van der Waals surface area contributed by atoms with Gasteiger partial charge < -0.3 is 5.32 Å². The van der Waals surface area contributed by atoms with Crippen molar-refractivity contribution in [2.75, 3.05) is 5.32 Å². The summed E-state index contributed by atoms with van der Waals surface area (Å²) in [5, 5.41) is 5.14. The zero-order chi connectivity index (χ0) is 20.5. The van der Waals surface area contributed by atoms with Crippen LogP contribution in [0.15, 0.2) is 65.7 Å². The van der Waals surface area contributed by atoms with E-state index in [9.17, 15) is 9.59 Å². The van der Waals surface area contributed by atoms with Crippen LogP contribution in [-0.2, 0) is 16.1 Å². The Morgan fingerprint density at radius 2 is 1.66 bits per heavy atom. The summed E-state index contributed by atoms with van der Waals surface area (Å²) < 4.78 is 0. The zero-order valence-electron chi connectivity index (χ0n) is 16.7. The van der Waals surface area contributed by atoms with Gasteiger partial charge in [0.25, 0.3) is 11.8 Å². The van der Waals surface area contributed by atoms with Crippen molar-refractivity contribution in [2.45, 2.75) is 27.3 Å². The molecule has 2 amide bonds. The van der Waals surface area contributed by atoms with Crippen LogP contribution in [0.2, 0.25) is 0 Å². The van der Waals surface area contributed by atoms with Gasteiger partial charge in [0.15, 0.2) is 0 Å². The number of aryl methyl sites for hydroxylation is 3. The fraction of sp³-hybridized carbons (Fsp3) is 0.167. The van der Waals surface area contributed by atoms with Crippen molar-refractivity contribution in [3.05, 3.63) is 92.8 Å². The SMILES string of the molecule is Cc1ccc(CN2C(=O)C(Nc3ccc(C)c(C)c3)=C(c3cccs3)C2=O)cc1. The Hall–Kier alpha value is -3.18. The van der Waals surface area contributed by atoms with Gasteiger partial charge in [-0.2, -0.15) is 0 Å². The van der Waals surface area contributed by atoms with E-state index in [1.54, 1.807) is 0 Å². The molecule has 0 atom stereocenters. The van der Waals surface area contributed by atoms with Crippen LogP contribution >= 0.6 is 11.3 Å². The summed E-state index contributed by atoms with van der Waals surface area (Å²) in [5.41, 5.74) is 5.95. The molecule has 0 radical (unpaired) electrons. The van der Waals surface area contributed by atoms with Gasteiger partial charge in [0.1, 0.15) is 5.70 Å². The minimum Gasteiger partial charge on any atom is -0.350 e. The van der Waals surface area contributed by atoms with Crippen LogP contribution in [0.5, 0.6) is 0 Å². The van der Waals surface area contributed by atoms with Crippen molar-refractivity contribution in [3.63, 3.8) is 0 Å². The maximum atomic E-state index is 13.2. The average molecular weight is 403 g/mol. The number of carbonyl (C=O) groups excluding carboxylic acids is 2. The lowest BCUT2D eigenvalue weighted by atomic mass is 10.1. The molecule has 1 aromatic heterocycles. The normalized spacial score (nSPS) is 14.1. The highest BCUT2D eigenvalue weighted by atomic mass is 32.1. The summed E-state index contributed by atoms with van der Waals surface area (Å²) in [7, 11) is 0. The van der Waals surface area contributed by atoms with Gasteiger partial charge in [-0.3, -0.25) is 14.5 Å². The van der Waals surface area contributed by atoms with Crippen LogP contribution in [0.4, 0.5) is 5.69 Å². The van der Waals surface area contributed by atoms with E-state index in [0.29, 0.717) is 11.3 Å². The van der Waals surface area contributed by atoms with Crippen molar-refractivity contribution in [1.82, 2.24) is 4.90 Å². The molecule has 0 fully saturated rings. The predicted molar refractivity (Wildman–Crippen MR) is 118 cm³/mol. The molecule has 4 rings (SSSR count). The van der Waals surface area contributed by atoms with Crippen LogP contribution < -0.4 is 5.32 Å². The number of nitrogens with one attached hydrogen (secondary N) is 1. The smallest absolute Gasteiger partial charge is 0.278 e. The largest absolute Gasteiger partial charge is 0.350 e. The van der Waals surface area contributed by atoms with Gasteiger partial charge in [-0.05, 0) is 61.0 Å². The first-order valence-electron chi connectivity index (χ1n) is 9.48. The highest BCUT2D eigenvalue weighted by molar-refractivity contribution is 7.11. The topological polar surface area (TPSA) is 49.4 Å². The molecule has 0 spiro atoms. The minimum atomic E-state index is -0.294. The van der Waals surface area contributed by atoms with Crippen molar-refractivity contribution in [2.24, 2.45) is 0 Å². The number of rotatable bonds is 5. The van der Waals surface area contributed by atoms with E-state index in [1.165, 1.54) is 21.8 Å². The Morgan fingerprint density at radius 1 is 0.897 bits per heavy atom. The first-order chi connectivity index (χ1) is 13.9. The summed E-state index contributed by atoms with van der Waals surface area (Å²) >= 11 is 1.46. The lowest BCUT2D eigenvalue weighted by Gasteiger charge is -2.15. The van der Waals surface area contributed by atoms with Crippen LogP contribution in [0.25, 0.3) is 5.57 Å². The Bertz CT molecular complexity index is 1110. The molecule has 2 aromatic carbocycles. The zero-order valence-corrected chi connectivity index (χ0v) is 17.5. The van der Waals surface area contributed by atoms with E-state index < -0.39 is 0 Å². The third kappa shape index (κ3) is 3.74. The number of thiophene rings is 1. The molecule has 0 unspecified atom stereocenters. The Balaban J connectivity index is 1.70. The molecule has 0 saturated carbocycles. The molecule has 5 heteroatoms. The fourth-order valence-corrected chi connectivity index (χ4v) is 4.09. The van der Waals surface area contributed by atoms with Crippen molar-refractivity contribution < 1.29 is 9.59 Å². The van der Waals surface area contributed by atoms with Gasteiger partial charge in [0.05, 0.1) is 12.1 Å². The summed E-state index contributed by atoms with van der Waals surface area (Å²) in [6.45, 7) is 6.34. The van der Waals surface area contributed by atoms with E-state index in [-0.39, 0.29) is 18.4 Å². The number of amides is 2. The standard InChI is InChI=1S/C24H22N2O2S/c1-15-6-9-18(10-7-15)14-26-23(27)21(20-5-4-12-29-20)22(24(26)28)25-19-11-8-16(2)17(3)13-19/h4-13,25H,14H2,1-3H3. The number of carbonyl (C=O) groups is 2. The number of benzene rings is 2. The fourth-order valence-electron chi connectivity index (χ4n) is 3.32. The molecule has 1 aliphatic rings. The van der Waals surface area contributed by atoms with Gasteiger partial charge >= 0.3 is 0 Å². The van der Waals surface area contributed by atoms with Gasteiger partial charge in [0.2, 0.25) is 0 Å². The Labute approximate surface area is 174 Å². The Kier molecular flexibility index (Phi) is 5.07. The molecule has 4 nitrogen and oxygen atoms in total. The molecule has 0 bridgehead atoms. The molecular weight excluding hydrogens is 380 g/mol. The van der Waals surface area contributed by atoms with Crippen LogP contribution in [0, 0.1) is 20.8 Å². The number of hydrogen-bond acceptors (Lipinski definition) is 4. The van der Waals surface area contributed by atoms with Gasteiger partial charge in [-0.15, -0.1) is 11.3 Å². The van der Waals surface area contributed by atoms with Gasteiger partial charge in [0, 0.05) is 10.6 Å². The van der Waals surface area contributed by atoms with Gasteiger partial charge in [-0.25, -0.2) is 0 Å². The highest BCUT2D eigenvalue weighted by Gasteiger charge is 2.39. The molecule has 0 saturated heterocycles. The third-order valence-electron chi connectivity index (χ3n) is 5.17. The number of nitrogens with zero attached hydrogens (tertiary/aromatic N) is 1. The van der Waals surface area contributed by atoms with Crippen LogP contribution in [0.3, 0.4) is 0 Å². The molecule has 3 aromatic rings. The molecule has 1 N–H and O–H groups in total. The number of hydrogen-bond donors (Lipinski definition) is 1. The molecule has 2 heterocycles. The monoisotopic (exact) mass is 402 g/mol. The molecule has 29 heavy (non-hydrogen) atoms. The van der Waals surface area contributed by atoms with Crippen molar-refractivity contribution in [3.8, 4) is 0 Å². The van der Waals surface area contributed by atoms with Gasteiger partial charge in [-0.1, -0.05) is 42.0 Å². The average Bonchev–Trinajstić information content (AvgIpc) is 3.30. The summed E-state index contributed by atoms with van der Waals surface area (Å²) in [6.07, 6.45) is 0. The lowest BCUT2D eigenvalue weighted by molar-refractivity contribution is -0.137. The predicted octanol–water partition coefficient (Wildman–Crippen LogP) is 5.07. The third-order valence-corrected chi connectivity index (χ3v) is 6.06. The van der Waals surface area contributed by atoms with Crippen molar-refractivity contribution in [1.29, 1.82) is 0 Å². The lowest BCUT2D eigenvalue weighted by Crippen LogP contribution is -2.31. The second-order valence-corrected chi connectivity index (χ2v) is 8.28. The van der Waals surface area contributed by atoms with E-state index in [0.717, 1.165) is 27.3 Å². The summed E-state index contributed by atoms with van der Waals surface area (Å²) in [5.74, 6) is -0.554. The summed E-state index contributed by atoms with van der Waals surface area (Å²) in [4.78, 5) is 28.6. The first kappa shape index (κ1) is 19.2. The maximum absolute atomic E-state index is 13.2.